The smallest absolute Gasteiger partial charge is 0.382 e. The van der Waals surface area contributed by atoms with Gasteiger partial charge < -0.3 is 10.5 Å². The summed E-state index contributed by atoms with van der Waals surface area (Å²) in [6, 6.07) is 0. The predicted molar refractivity (Wildman–Crippen MR) is 77.1 cm³/mol. The molecule has 0 bridgehead atoms. The van der Waals surface area contributed by atoms with Crippen LogP contribution < -0.4 is 5.73 Å². The van der Waals surface area contributed by atoms with Crippen LogP contribution in [0.5, 0.6) is 0 Å². The van der Waals surface area contributed by atoms with E-state index in [4.69, 9.17) is 19.9 Å². The lowest BCUT2D eigenvalue weighted by Gasteiger charge is -2.14. The van der Waals surface area contributed by atoms with Crippen LogP contribution in [0.3, 0.4) is 0 Å². The van der Waals surface area contributed by atoms with Gasteiger partial charge in [0.2, 0.25) is 0 Å². The molecule has 3 rings (SSSR count). The van der Waals surface area contributed by atoms with E-state index in [2.05, 4.69) is 27.6 Å². The molecular weight excluding hydrogens is 336 g/mol. The van der Waals surface area contributed by atoms with Crippen molar-refractivity contribution in [1.29, 1.82) is 0 Å². The van der Waals surface area contributed by atoms with Gasteiger partial charge in [-0.2, -0.15) is 12.6 Å². The minimum absolute atomic E-state index is 0.120. The Balaban J connectivity index is 1.97. The molecule has 1 unspecified atom stereocenters. The summed E-state index contributed by atoms with van der Waals surface area (Å²) in [4.78, 5) is 20.7. The van der Waals surface area contributed by atoms with Crippen LogP contribution in [0.2, 0.25) is 0 Å². The van der Waals surface area contributed by atoms with Gasteiger partial charge in [-0.15, -0.1) is 9.42 Å². The predicted octanol–water partition coefficient (Wildman–Crippen LogP) is 0.609. The van der Waals surface area contributed by atoms with Crippen molar-refractivity contribution in [2.45, 2.75) is 24.6 Å². The Hall–Kier alpha value is -1.39. The third-order valence-corrected chi connectivity index (χ3v) is 4.10. The number of imidazole rings is 1. The van der Waals surface area contributed by atoms with Gasteiger partial charge in [-0.3, -0.25) is 4.57 Å². The molecule has 1 saturated heterocycles. The maximum Gasteiger partial charge on any atom is 0.695 e. The lowest BCUT2D eigenvalue weighted by molar-refractivity contribution is -0.0105. The average molecular weight is 348 g/mol. The van der Waals surface area contributed by atoms with Gasteiger partial charge in [0.15, 0.2) is 30.0 Å². The van der Waals surface area contributed by atoms with E-state index in [1.807, 2.05) is 0 Å². The van der Waals surface area contributed by atoms with Gasteiger partial charge in [0, 0.05) is 10.3 Å². The van der Waals surface area contributed by atoms with Gasteiger partial charge in [-0.25, -0.2) is 19.3 Å². The molecule has 2 aromatic heterocycles. The Bertz CT molecular complexity index is 718. The second-order valence-electron chi connectivity index (χ2n) is 4.58. The number of nitrogens with zero attached hydrogens (tertiary/aromatic N) is 4. The quantitative estimate of drug-likeness (QED) is 0.542. The summed E-state index contributed by atoms with van der Waals surface area (Å²) in [5, 5.41) is 0. The minimum Gasteiger partial charge on any atom is -0.382 e. The fraction of sp³-hybridized carbons (Fsp3) is 0.500. The van der Waals surface area contributed by atoms with Crippen molar-refractivity contribution < 1.29 is 23.1 Å². The van der Waals surface area contributed by atoms with E-state index in [0.717, 1.165) is 0 Å². The van der Waals surface area contributed by atoms with Crippen molar-refractivity contribution in [2.24, 2.45) is 0 Å². The summed E-state index contributed by atoms with van der Waals surface area (Å²) in [5.74, 6) is 0.281. The number of halogens is 1. The number of thiol groups is 1. The Morgan fingerprint density at radius 2 is 2.32 bits per heavy atom. The molecule has 1 fully saturated rings. The van der Waals surface area contributed by atoms with Crippen LogP contribution in [0, 0.1) is 0 Å². The van der Waals surface area contributed by atoms with Gasteiger partial charge in [0.05, 0.1) is 6.33 Å². The molecule has 3 heterocycles. The van der Waals surface area contributed by atoms with Gasteiger partial charge in [0.25, 0.3) is 0 Å². The number of hydrogen-bond acceptors (Lipinski definition) is 8. The molecule has 118 valence electrons. The molecule has 2 aromatic rings. The monoisotopic (exact) mass is 348 g/mol. The second kappa shape index (κ2) is 6.01. The molecule has 1 aliphatic rings. The molecule has 22 heavy (non-hydrogen) atoms. The number of alkyl halides is 1. The molecule has 0 amide bonds. The molecule has 0 aliphatic carbocycles. The summed E-state index contributed by atoms with van der Waals surface area (Å²) in [7, 11) is -2.96. The van der Waals surface area contributed by atoms with Gasteiger partial charge >= 0.3 is 8.25 Å². The Kier molecular flexibility index (Phi) is 4.24. The van der Waals surface area contributed by atoms with Crippen LogP contribution in [-0.2, 0) is 13.8 Å². The minimum atomic E-state index is -2.96. The van der Waals surface area contributed by atoms with E-state index in [1.165, 1.54) is 17.2 Å². The van der Waals surface area contributed by atoms with Crippen LogP contribution >= 0.6 is 20.9 Å². The van der Waals surface area contributed by atoms with Crippen LogP contribution in [0.25, 0.3) is 11.2 Å². The van der Waals surface area contributed by atoms with Crippen molar-refractivity contribution in [3.63, 3.8) is 0 Å². The molecule has 3 N–H and O–H groups in total. The van der Waals surface area contributed by atoms with E-state index in [9.17, 15) is 8.96 Å². The molecule has 0 radical (unpaired) electrons. The van der Waals surface area contributed by atoms with Crippen LogP contribution in [0.1, 0.15) is 6.23 Å². The molecule has 9 nitrogen and oxygen atoms in total. The number of nitrogen functional groups attached to an aromatic ring is 1. The number of nitrogens with two attached hydrogens (primary N) is 1. The van der Waals surface area contributed by atoms with Crippen molar-refractivity contribution in [3.05, 3.63) is 12.7 Å². The average Bonchev–Trinajstić information content (AvgIpc) is 3.02. The summed E-state index contributed by atoms with van der Waals surface area (Å²) in [6.45, 7) is 0. The number of anilines is 1. The van der Waals surface area contributed by atoms with Gasteiger partial charge in [-0.1, -0.05) is 0 Å². The standard InChI is InChI=1S/C10H11FN5O4PS/c11-5-7(20-21(17)18)4(1-22)19-10(5)16-3-15-6-8(12)13-2-14-9(6)16/h2-5,7,10H,1H2,(H3-,12,13,14,17,18,22)/p+1/t4-,5-,7-,10-/m1/s1. The number of fused-ring (bicyclic) bond motifs is 1. The van der Waals surface area contributed by atoms with Crippen LogP contribution in [0.15, 0.2) is 12.7 Å². The fourth-order valence-corrected chi connectivity index (χ4v) is 3.11. The molecular formula is C10H12FN5O4PS+. The van der Waals surface area contributed by atoms with Gasteiger partial charge in [0.1, 0.15) is 17.9 Å². The second-order valence-corrected chi connectivity index (χ2v) is 5.63. The number of aromatic nitrogens is 4. The Morgan fingerprint density at radius 3 is 3.00 bits per heavy atom. The van der Waals surface area contributed by atoms with Crippen molar-refractivity contribution >= 4 is 37.9 Å². The van der Waals surface area contributed by atoms with Crippen LogP contribution in [0.4, 0.5) is 10.2 Å². The van der Waals surface area contributed by atoms with Crippen molar-refractivity contribution in [2.75, 3.05) is 11.5 Å². The zero-order valence-corrected chi connectivity index (χ0v) is 12.8. The Labute approximate surface area is 130 Å². The lowest BCUT2D eigenvalue weighted by Crippen LogP contribution is -2.31. The Morgan fingerprint density at radius 1 is 1.55 bits per heavy atom. The highest BCUT2D eigenvalue weighted by atomic mass is 32.1. The van der Waals surface area contributed by atoms with E-state index >= 15 is 0 Å². The third kappa shape index (κ3) is 2.55. The molecule has 12 heteroatoms. The van der Waals surface area contributed by atoms with E-state index in [0.29, 0.717) is 11.2 Å². The first kappa shape index (κ1) is 15.5. The first-order valence-corrected chi connectivity index (χ1v) is 7.95. The van der Waals surface area contributed by atoms with Crippen LogP contribution in [-0.4, -0.2) is 48.5 Å². The largest absolute Gasteiger partial charge is 0.695 e. The van der Waals surface area contributed by atoms with E-state index in [1.54, 1.807) is 0 Å². The maximum absolute atomic E-state index is 14.6. The molecule has 5 atom stereocenters. The molecule has 0 spiro atoms. The van der Waals surface area contributed by atoms with E-state index in [-0.39, 0.29) is 11.6 Å². The first-order valence-electron chi connectivity index (χ1n) is 6.19. The number of ether oxygens (including phenoxy) is 1. The van der Waals surface area contributed by atoms with Crippen molar-refractivity contribution in [1.82, 2.24) is 19.5 Å². The highest BCUT2D eigenvalue weighted by Gasteiger charge is 2.51. The topological polar surface area (TPSA) is 125 Å². The zero-order valence-electron chi connectivity index (χ0n) is 11.0. The van der Waals surface area contributed by atoms with Crippen molar-refractivity contribution in [3.8, 4) is 0 Å². The summed E-state index contributed by atoms with van der Waals surface area (Å²) >= 11 is 4.05. The lowest BCUT2D eigenvalue weighted by atomic mass is 10.2. The fourth-order valence-electron chi connectivity index (χ4n) is 2.35. The number of rotatable bonds is 4. The molecule has 1 aliphatic heterocycles. The highest BCUT2D eigenvalue weighted by molar-refractivity contribution is 7.80. The maximum atomic E-state index is 14.6. The van der Waals surface area contributed by atoms with E-state index < -0.39 is 32.9 Å². The number of hydrogen-bond donors (Lipinski definition) is 3. The summed E-state index contributed by atoms with van der Waals surface area (Å²) < 4.78 is 37.0. The zero-order chi connectivity index (χ0) is 15.9. The molecule has 0 saturated carbocycles. The summed E-state index contributed by atoms with van der Waals surface area (Å²) in [6.07, 6.45) is -2.26. The SMILES string of the molecule is Nc1ncnc2c1ncn2[C@@H]1O[C@H](CS)[C@@H](O[P+](=O)O)[C@H]1F. The first-order chi connectivity index (χ1) is 10.5. The van der Waals surface area contributed by atoms with Gasteiger partial charge in [-0.05, 0) is 0 Å². The highest BCUT2D eigenvalue weighted by Crippen LogP contribution is 2.39. The molecule has 0 aromatic carbocycles. The summed E-state index contributed by atoms with van der Waals surface area (Å²) in [5.41, 5.74) is 6.30. The third-order valence-electron chi connectivity index (χ3n) is 3.32. The normalized spacial score (nSPS) is 29.1.